The van der Waals surface area contributed by atoms with Crippen LogP contribution in [0.15, 0.2) is 24.3 Å². The van der Waals surface area contributed by atoms with E-state index in [1.165, 1.54) is 0 Å². The van der Waals surface area contributed by atoms with E-state index in [2.05, 4.69) is 18.2 Å². The van der Waals surface area contributed by atoms with Crippen molar-refractivity contribution in [2.24, 2.45) is 11.5 Å². The maximum absolute atomic E-state index is 12.9. The molecule has 4 amide bonds. The Morgan fingerprint density at radius 1 is 0.837 bits per heavy atom. The molecule has 258 valence electrons. The predicted molar refractivity (Wildman–Crippen MR) is 176 cm³/mol. The third-order valence-corrected chi connectivity index (χ3v) is 11.0. The first-order chi connectivity index (χ1) is 23.6. The number of carbonyl (C=O) groups is 4. The van der Waals surface area contributed by atoms with E-state index in [-0.39, 0.29) is 53.8 Å². The van der Waals surface area contributed by atoms with Crippen molar-refractivity contribution in [2.75, 3.05) is 51.2 Å². The first kappa shape index (κ1) is 34.3. The number of piperazine rings is 2. The summed E-state index contributed by atoms with van der Waals surface area (Å²) in [5, 5.41) is 27.3. The van der Waals surface area contributed by atoms with Gasteiger partial charge in [0.05, 0.1) is 54.0 Å². The fraction of sp³-hybridized carbons (Fsp3) is 0.618. The van der Waals surface area contributed by atoms with Gasteiger partial charge in [0, 0.05) is 58.0 Å². The number of amides is 4. The monoisotopic (exact) mass is 669 g/mol. The Hall–Kier alpha value is -4.59. The highest BCUT2D eigenvalue weighted by molar-refractivity contribution is 6.01. The maximum Gasteiger partial charge on any atom is 0.244 e. The van der Waals surface area contributed by atoms with E-state index in [9.17, 15) is 24.4 Å². The van der Waals surface area contributed by atoms with Crippen molar-refractivity contribution in [3.63, 3.8) is 0 Å². The molecule has 7 rings (SSSR count). The lowest BCUT2D eigenvalue weighted by Crippen LogP contribution is -2.56. The second kappa shape index (κ2) is 14.1. The largest absolute Gasteiger partial charge is 0.340 e. The molecule has 6 aliphatic rings. The molecule has 6 aliphatic heterocycles. The molecular weight excluding hydrogens is 626 g/mol. The van der Waals surface area contributed by atoms with Gasteiger partial charge < -0.3 is 31.1 Å². The van der Waals surface area contributed by atoms with Gasteiger partial charge in [0.15, 0.2) is 0 Å². The van der Waals surface area contributed by atoms with Crippen molar-refractivity contribution in [1.29, 1.82) is 15.8 Å². The van der Waals surface area contributed by atoms with Crippen molar-refractivity contribution in [3.05, 3.63) is 29.8 Å². The number of nitrogens with zero attached hydrogens (tertiary/aromatic N) is 9. The summed E-state index contributed by atoms with van der Waals surface area (Å²) in [5.74, 6) is -0.260. The molecule has 49 heavy (non-hydrogen) atoms. The summed E-state index contributed by atoms with van der Waals surface area (Å²) in [5.41, 5.74) is 13.5. The smallest absolute Gasteiger partial charge is 0.244 e. The van der Waals surface area contributed by atoms with Crippen molar-refractivity contribution < 1.29 is 19.2 Å². The first-order valence-corrected chi connectivity index (χ1v) is 17.1. The van der Waals surface area contributed by atoms with Crippen LogP contribution < -0.4 is 16.4 Å². The molecule has 6 saturated heterocycles. The van der Waals surface area contributed by atoms with E-state index < -0.39 is 18.1 Å². The third kappa shape index (κ3) is 6.45. The van der Waals surface area contributed by atoms with Crippen molar-refractivity contribution >= 4 is 29.3 Å². The number of nitrogens with two attached hydrogens (primary N) is 2. The maximum atomic E-state index is 12.9. The van der Waals surface area contributed by atoms with Gasteiger partial charge in [-0.05, 0) is 56.7 Å². The summed E-state index contributed by atoms with van der Waals surface area (Å²) < 4.78 is 0. The number of likely N-dealkylation sites (N-methyl/N-ethyl adjacent to an activating group) is 1. The second-order valence-corrected chi connectivity index (χ2v) is 13.9. The lowest BCUT2D eigenvalue weighted by molar-refractivity contribution is -0.138. The van der Waals surface area contributed by atoms with Crippen LogP contribution in [0.25, 0.3) is 0 Å². The van der Waals surface area contributed by atoms with Crippen LogP contribution in [0.5, 0.6) is 0 Å². The Labute approximate surface area is 286 Å². The molecule has 4 N–H and O–H groups in total. The number of hydrogen-bond donors (Lipinski definition) is 2. The highest BCUT2D eigenvalue weighted by atomic mass is 16.2. The first-order valence-electron chi connectivity index (χ1n) is 17.1. The Kier molecular flexibility index (Phi) is 9.87. The van der Waals surface area contributed by atoms with Crippen LogP contribution in [0.1, 0.15) is 44.1 Å². The van der Waals surface area contributed by atoms with Crippen molar-refractivity contribution in [1.82, 2.24) is 24.5 Å². The summed E-state index contributed by atoms with van der Waals surface area (Å²) >= 11 is 0. The molecule has 0 aliphatic carbocycles. The minimum Gasteiger partial charge on any atom is -0.340 e. The lowest BCUT2D eigenvalue weighted by atomic mass is 10.1. The molecule has 2 unspecified atom stereocenters. The van der Waals surface area contributed by atoms with E-state index in [1.807, 2.05) is 22.9 Å². The van der Waals surface area contributed by atoms with Gasteiger partial charge in [-0.25, -0.2) is 0 Å². The summed E-state index contributed by atoms with van der Waals surface area (Å²) in [6.07, 6.45) is 4.63. The average Bonchev–Trinajstić information content (AvgIpc) is 3.96. The van der Waals surface area contributed by atoms with Crippen molar-refractivity contribution in [2.45, 2.75) is 86.9 Å². The number of carbonyl (C=O) groups excluding carboxylic acids is 4. The Morgan fingerprint density at radius 3 is 1.86 bits per heavy atom. The van der Waals surface area contributed by atoms with Gasteiger partial charge >= 0.3 is 0 Å². The molecule has 4 bridgehead atoms. The molecule has 0 radical (unpaired) electrons. The molecule has 0 spiro atoms. The summed E-state index contributed by atoms with van der Waals surface area (Å²) in [6.45, 7) is 3.32. The standard InChI is InChI=1S/C20H22N6O2.C14H21N5O2/c21-9-13-3-1-4-14(7-13)26-16-8-18(20(26)28)24(11-16)12-17(23)19(27)25-6-2-5-15(25)10-22;1-17-10-5-12(14(17)21)18(7-10)8-11(16)13(20)19-4-2-3-9(19)6-15/h1,3-4,7,15-18H,2,5-6,8,11-12,23H2;9-12H,2-5,7-8,16H2,1H3/t15-,16?,17-,18-;9-,10?,11-,12-/m00/s1. The molecule has 1 aromatic rings. The molecule has 15 heteroatoms. The van der Waals surface area contributed by atoms with Crippen LogP contribution in [0.4, 0.5) is 5.69 Å². The predicted octanol–water partition coefficient (Wildman–Crippen LogP) is -1.07. The van der Waals surface area contributed by atoms with Gasteiger partial charge in [0.2, 0.25) is 23.6 Å². The van der Waals surface area contributed by atoms with E-state index in [0.717, 1.165) is 37.9 Å². The van der Waals surface area contributed by atoms with Gasteiger partial charge in [0.1, 0.15) is 12.1 Å². The number of anilines is 1. The van der Waals surface area contributed by atoms with Crippen LogP contribution in [0.2, 0.25) is 0 Å². The highest BCUT2D eigenvalue weighted by Gasteiger charge is 2.51. The number of rotatable bonds is 7. The van der Waals surface area contributed by atoms with Gasteiger partial charge in [-0.1, -0.05) is 6.07 Å². The lowest BCUT2D eigenvalue weighted by Gasteiger charge is -2.35. The molecule has 6 heterocycles. The number of fused-ring (bicyclic) bond motifs is 4. The van der Waals surface area contributed by atoms with E-state index in [0.29, 0.717) is 51.1 Å². The number of hydrogen-bond acceptors (Lipinski definition) is 11. The summed E-state index contributed by atoms with van der Waals surface area (Å²) in [6, 6.07) is 11.2. The van der Waals surface area contributed by atoms with Gasteiger partial charge in [-0.2, -0.15) is 15.8 Å². The summed E-state index contributed by atoms with van der Waals surface area (Å²) in [7, 11) is 1.83. The minimum absolute atomic E-state index is 0.0120. The van der Waals surface area contributed by atoms with E-state index in [4.69, 9.17) is 22.0 Å². The molecular formula is C34H43N11O4. The van der Waals surface area contributed by atoms with E-state index >= 15 is 0 Å². The third-order valence-electron chi connectivity index (χ3n) is 11.0. The Balaban J connectivity index is 0.000000177. The van der Waals surface area contributed by atoms with Gasteiger partial charge in [0.25, 0.3) is 0 Å². The summed E-state index contributed by atoms with van der Waals surface area (Å²) in [4.78, 5) is 60.6. The number of nitriles is 3. The van der Waals surface area contributed by atoms with Gasteiger partial charge in [-0.15, -0.1) is 0 Å². The fourth-order valence-electron chi connectivity index (χ4n) is 8.38. The fourth-order valence-corrected chi connectivity index (χ4v) is 8.38. The van der Waals surface area contributed by atoms with Crippen LogP contribution in [0, 0.1) is 34.0 Å². The topological polar surface area (TPSA) is 211 Å². The highest BCUT2D eigenvalue weighted by Crippen LogP contribution is 2.36. The van der Waals surface area contributed by atoms with Crippen molar-refractivity contribution in [3.8, 4) is 18.2 Å². The quantitative estimate of drug-likeness (QED) is 0.357. The average molecular weight is 670 g/mol. The van der Waals surface area contributed by atoms with Gasteiger partial charge in [-0.3, -0.25) is 29.0 Å². The Bertz CT molecular complexity index is 1620. The number of benzene rings is 1. The zero-order chi connectivity index (χ0) is 35.0. The van der Waals surface area contributed by atoms with Crippen LogP contribution in [0.3, 0.4) is 0 Å². The second-order valence-electron chi connectivity index (χ2n) is 13.9. The molecule has 15 nitrogen and oxygen atoms in total. The molecule has 6 fully saturated rings. The number of likely N-dealkylation sites (tertiary alicyclic amines) is 5. The molecule has 1 aromatic carbocycles. The van der Waals surface area contributed by atoms with Crippen LogP contribution >= 0.6 is 0 Å². The SMILES string of the molecule is CN1C(=O)[C@@H]2CC1CN2C[C@H](N)C(=O)N1CCC[C@H]1C#N.N#Cc1cccc(N2C(=O)[C@@H]3CC2CN3C[C@H](N)C(=O)N2CCC[C@H]2C#N)c1. The van der Waals surface area contributed by atoms with Crippen LogP contribution in [-0.2, 0) is 19.2 Å². The zero-order valence-electron chi connectivity index (χ0n) is 27.7. The molecule has 8 atom stereocenters. The van der Waals surface area contributed by atoms with E-state index in [1.54, 1.807) is 37.8 Å². The zero-order valence-corrected chi connectivity index (χ0v) is 27.7. The minimum atomic E-state index is -0.739. The molecule has 0 aromatic heterocycles. The molecule has 0 saturated carbocycles. The normalized spacial score (nSPS) is 30.2. The van der Waals surface area contributed by atoms with Crippen LogP contribution in [-0.4, -0.2) is 143 Å². The Morgan fingerprint density at radius 2 is 1.37 bits per heavy atom.